The van der Waals surface area contributed by atoms with E-state index in [1.165, 1.54) is 0 Å². The van der Waals surface area contributed by atoms with Crippen molar-refractivity contribution in [1.29, 1.82) is 0 Å². The highest BCUT2D eigenvalue weighted by Crippen LogP contribution is 2.79. The molecule has 5 heteroatoms. The van der Waals surface area contributed by atoms with E-state index in [2.05, 4.69) is 48.1 Å². The van der Waals surface area contributed by atoms with Gasteiger partial charge in [-0.3, -0.25) is 9.59 Å². The summed E-state index contributed by atoms with van der Waals surface area (Å²) in [6, 6.07) is 0. The van der Waals surface area contributed by atoms with Crippen molar-refractivity contribution < 1.29 is 24.9 Å². The van der Waals surface area contributed by atoms with Gasteiger partial charge in [0, 0.05) is 0 Å². The van der Waals surface area contributed by atoms with E-state index < -0.39 is 40.2 Å². The molecule has 0 unspecified atom stereocenters. The lowest BCUT2D eigenvalue weighted by atomic mass is 9.34. The first-order valence-corrected chi connectivity index (χ1v) is 13.9. The van der Waals surface area contributed by atoms with Gasteiger partial charge in [-0.1, -0.05) is 46.8 Å². The lowest BCUT2D eigenvalue weighted by molar-refractivity contribution is -0.228. The smallest absolute Gasteiger partial charge is 0.309 e. The van der Waals surface area contributed by atoms with Crippen LogP contribution in [0, 0.1) is 62.6 Å². The molecule has 3 N–H and O–H groups in total. The summed E-state index contributed by atoms with van der Waals surface area (Å²) in [6.07, 6.45) is 6.24. The summed E-state index contributed by atoms with van der Waals surface area (Å²) in [5, 5.41) is 32.2. The molecule has 0 aliphatic heterocycles. The highest BCUT2D eigenvalue weighted by atomic mass is 16.4. The number of allylic oxidation sites excluding steroid dienone is 1. The zero-order chi connectivity index (χ0) is 25.9. The lowest BCUT2D eigenvalue weighted by Gasteiger charge is -2.70. The number of aliphatic hydroxyl groups is 1. The van der Waals surface area contributed by atoms with Gasteiger partial charge in [0.1, 0.15) is 0 Å². The maximum absolute atomic E-state index is 12.8. The molecule has 0 aromatic heterocycles. The number of aliphatic hydroxyl groups excluding tert-OH is 1. The minimum atomic E-state index is -0.862. The van der Waals surface area contributed by atoms with Crippen molar-refractivity contribution in [2.75, 3.05) is 0 Å². The molecule has 0 amide bonds. The summed E-state index contributed by atoms with van der Waals surface area (Å²) < 4.78 is 0. The molecule has 0 saturated heterocycles. The monoisotopic (exact) mass is 486 g/mol. The largest absolute Gasteiger partial charge is 0.481 e. The third-order valence-electron chi connectivity index (χ3n) is 13.6. The molecule has 196 valence electrons. The number of aliphatic carboxylic acids is 2. The normalized spacial score (nSPS) is 54.2. The van der Waals surface area contributed by atoms with E-state index >= 15 is 0 Å². The molecular weight excluding hydrogens is 440 g/mol. The minimum Gasteiger partial charge on any atom is -0.481 e. The fraction of sp³-hybridized carbons (Fsp3) is 0.867. The van der Waals surface area contributed by atoms with Crippen molar-refractivity contribution in [3.63, 3.8) is 0 Å². The van der Waals surface area contributed by atoms with Crippen LogP contribution in [0.3, 0.4) is 0 Å². The number of carboxylic acids is 2. The Bertz CT molecular complexity index is 970. The van der Waals surface area contributed by atoms with Crippen LogP contribution in [-0.4, -0.2) is 33.4 Å². The second kappa shape index (κ2) is 7.36. The van der Waals surface area contributed by atoms with Gasteiger partial charge < -0.3 is 15.3 Å². The highest BCUT2D eigenvalue weighted by Gasteiger charge is 2.75. The summed E-state index contributed by atoms with van der Waals surface area (Å²) in [4.78, 5) is 25.4. The van der Waals surface area contributed by atoms with Crippen molar-refractivity contribution in [2.45, 2.75) is 99.0 Å². The number of fused-ring (bicyclic) bond motifs is 7. The number of hydrogen-bond donors (Lipinski definition) is 3. The van der Waals surface area contributed by atoms with Gasteiger partial charge in [0.25, 0.3) is 0 Å². The minimum absolute atomic E-state index is 0.0493. The van der Waals surface area contributed by atoms with Crippen LogP contribution in [0.1, 0.15) is 92.9 Å². The van der Waals surface area contributed by atoms with E-state index in [-0.39, 0.29) is 34.5 Å². The fourth-order valence-electron chi connectivity index (χ4n) is 11.8. The Morgan fingerprint density at radius 3 is 2.06 bits per heavy atom. The van der Waals surface area contributed by atoms with Gasteiger partial charge in [0.2, 0.25) is 0 Å². The molecular formula is C30H46O5. The quantitative estimate of drug-likeness (QED) is 0.425. The molecule has 35 heavy (non-hydrogen) atoms. The molecule has 0 radical (unpaired) electrons. The van der Waals surface area contributed by atoms with Crippen molar-refractivity contribution >= 4 is 11.9 Å². The molecule has 5 rings (SSSR count). The molecule has 0 aromatic carbocycles. The average Bonchev–Trinajstić information content (AvgIpc) is 3.21. The summed E-state index contributed by atoms with van der Waals surface area (Å²) in [5.74, 6) is -1.21. The maximum Gasteiger partial charge on any atom is 0.309 e. The van der Waals surface area contributed by atoms with E-state index in [0.29, 0.717) is 12.3 Å². The van der Waals surface area contributed by atoms with E-state index in [9.17, 15) is 24.9 Å². The molecule has 5 aliphatic rings. The first kappa shape index (κ1) is 25.3. The van der Waals surface area contributed by atoms with E-state index in [0.717, 1.165) is 50.5 Å². The van der Waals surface area contributed by atoms with Gasteiger partial charge in [0.05, 0.1) is 17.4 Å². The van der Waals surface area contributed by atoms with Crippen molar-refractivity contribution in [3.05, 3.63) is 12.2 Å². The van der Waals surface area contributed by atoms with Crippen LogP contribution in [0.2, 0.25) is 0 Å². The Kier molecular flexibility index (Phi) is 5.32. The van der Waals surface area contributed by atoms with Crippen LogP contribution in [0.15, 0.2) is 12.2 Å². The van der Waals surface area contributed by atoms with Gasteiger partial charge in [-0.25, -0.2) is 0 Å². The average molecular weight is 487 g/mol. The Hall–Kier alpha value is -1.36. The van der Waals surface area contributed by atoms with Crippen molar-refractivity contribution in [3.8, 4) is 0 Å². The third kappa shape index (κ3) is 2.75. The topological polar surface area (TPSA) is 94.8 Å². The predicted molar refractivity (Wildman–Crippen MR) is 135 cm³/mol. The zero-order valence-electron chi connectivity index (χ0n) is 22.6. The van der Waals surface area contributed by atoms with E-state index in [4.69, 9.17) is 0 Å². The summed E-state index contributed by atoms with van der Waals surface area (Å²) in [7, 11) is 0. The Morgan fingerprint density at radius 2 is 1.49 bits per heavy atom. The SMILES string of the molecule is C=C(C)[C@@H]1CC[C@]2(C(=O)O)CC[C@]3(C)[C@H](CC[C@@H]4[C@@]5(C)[C@H](C(=O)O)[C@H](O)C(C)(C)[C@@H]5CC[C@]43C)[C@@H]12. The summed E-state index contributed by atoms with van der Waals surface area (Å²) in [5.41, 5.74) is -0.558. The second-order valence-electron chi connectivity index (χ2n) is 14.6. The lowest BCUT2D eigenvalue weighted by Crippen LogP contribution is -2.65. The summed E-state index contributed by atoms with van der Waals surface area (Å²) >= 11 is 0. The van der Waals surface area contributed by atoms with Crippen LogP contribution < -0.4 is 0 Å². The molecule has 0 aromatic rings. The van der Waals surface area contributed by atoms with Gasteiger partial charge in [-0.15, -0.1) is 0 Å². The second-order valence-corrected chi connectivity index (χ2v) is 14.6. The van der Waals surface area contributed by atoms with E-state index in [1.807, 2.05) is 0 Å². The Labute approximate surface area is 210 Å². The molecule has 11 atom stereocenters. The first-order chi connectivity index (χ1) is 16.1. The van der Waals surface area contributed by atoms with Crippen LogP contribution in [0.4, 0.5) is 0 Å². The van der Waals surface area contributed by atoms with Gasteiger partial charge in [0.15, 0.2) is 0 Å². The molecule has 5 aliphatic carbocycles. The van der Waals surface area contributed by atoms with Crippen LogP contribution in [-0.2, 0) is 9.59 Å². The molecule has 0 heterocycles. The molecule has 5 nitrogen and oxygen atoms in total. The standard InChI is InChI=1S/C30H46O5/c1-16(2)17-10-13-30(25(34)35)15-14-27(5)18(21(17)30)8-9-20-28(27,6)12-11-19-26(3,4)23(31)22(24(32)33)29(19,20)7/h17-23,31H,1,8-15H2,2-7H3,(H,32,33)(H,34,35)/t17-,18+,19-,20-,21+,22-,23-,27+,28+,29-,30-/m0/s1. The molecule has 0 spiro atoms. The Balaban J connectivity index is 1.62. The van der Waals surface area contributed by atoms with Gasteiger partial charge in [-0.05, 0) is 110 Å². The number of carbonyl (C=O) groups is 2. The number of hydrogen-bond acceptors (Lipinski definition) is 3. The van der Waals surface area contributed by atoms with Crippen LogP contribution in [0.5, 0.6) is 0 Å². The third-order valence-corrected chi connectivity index (χ3v) is 13.6. The first-order valence-electron chi connectivity index (χ1n) is 13.9. The van der Waals surface area contributed by atoms with Gasteiger partial charge in [-0.2, -0.15) is 0 Å². The Morgan fingerprint density at radius 1 is 0.829 bits per heavy atom. The van der Waals surface area contributed by atoms with E-state index in [1.54, 1.807) is 0 Å². The number of carboxylic acid groups (broad SMARTS) is 2. The fourth-order valence-corrected chi connectivity index (χ4v) is 11.8. The zero-order valence-corrected chi connectivity index (χ0v) is 22.6. The maximum atomic E-state index is 12.8. The highest BCUT2D eigenvalue weighted by molar-refractivity contribution is 5.76. The summed E-state index contributed by atoms with van der Waals surface area (Å²) in [6.45, 7) is 17.5. The van der Waals surface area contributed by atoms with Crippen LogP contribution in [0.25, 0.3) is 0 Å². The van der Waals surface area contributed by atoms with Crippen molar-refractivity contribution in [2.24, 2.45) is 62.6 Å². The van der Waals surface area contributed by atoms with Crippen LogP contribution >= 0.6 is 0 Å². The van der Waals surface area contributed by atoms with Crippen molar-refractivity contribution in [1.82, 2.24) is 0 Å². The molecule has 5 fully saturated rings. The predicted octanol–water partition coefficient (Wildman–Crippen LogP) is 6.01. The molecule has 0 bridgehead atoms. The van der Waals surface area contributed by atoms with Gasteiger partial charge >= 0.3 is 11.9 Å². The number of rotatable bonds is 3. The molecule has 5 saturated carbocycles.